The van der Waals surface area contributed by atoms with Gasteiger partial charge in [0.15, 0.2) is 0 Å². The molecular weight excluding hydrogens is 246 g/mol. The second kappa shape index (κ2) is 7.53. The number of pyridine rings is 1. The Kier molecular flexibility index (Phi) is 5.42. The molecule has 0 fully saturated rings. The van der Waals surface area contributed by atoms with Gasteiger partial charge in [0.05, 0.1) is 0 Å². The molecule has 0 aliphatic rings. The van der Waals surface area contributed by atoms with Crippen LogP contribution in [0.25, 0.3) is 0 Å². The lowest BCUT2D eigenvalue weighted by molar-refractivity contribution is 0.784. The highest BCUT2D eigenvalue weighted by molar-refractivity contribution is 5.45. The molecule has 3 nitrogen and oxygen atoms in total. The summed E-state index contributed by atoms with van der Waals surface area (Å²) in [6, 6.07) is 16.9. The van der Waals surface area contributed by atoms with Crippen molar-refractivity contribution < 1.29 is 0 Å². The molecule has 1 aromatic heterocycles. The minimum atomic E-state index is 0.353. The predicted molar refractivity (Wildman–Crippen MR) is 86.2 cm³/mol. The van der Waals surface area contributed by atoms with Gasteiger partial charge >= 0.3 is 0 Å². The monoisotopic (exact) mass is 269 g/mol. The Hall–Kier alpha value is -2.03. The number of aromatic nitrogens is 1. The molecule has 2 rings (SSSR count). The lowest BCUT2D eigenvalue weighted by atomic mass is 10.1. The Bertz CT molecular complexity index is 511. The fourth-order valence-electron chi connectivity index (χ4n) is 2.14. The summed E-state index contributed by atoms with van der Waals surface area (Å²) < 4.78 is 0. The zero-order valence-corrected chi connectivity index (χ0v) is 12.3. The average Bonchev–Trinajstić information content (AvgIpc) is 2.46. The van der Waals surface area contributed by atoms with Crippen LogP contribution < -0.4 is 10.6 Å². The summed E-state index contributed by atoms with van der Waals surface area (Å²) in [4.78, 5) is 4.57. The second-order valence-electron chi connectivity index (χ2n) is 5.07. The molecule has 0 aliphatic carbocycles. The van der Waals surface area contributed by atoms with Crippen molar-refractivity contribution in [2.75, 3.05) is 17.2 Å². The van der Waals surface area contributed by atoms with Gasteiger partial charge in [-0.2, -0.15) is 0 Å². The van der Waals surface area contributed by atoms with Crippen molar-refractivity contribution in [1.82, 2.24) is 4.98 Å². The van der Waals surface area contributed by atoms with Crippen LogP contribution in [0.3, 0.4) is 0 Å². The third-order valence-electron chi connectivity index (χ3n) is 3.08. The van der Waals surface area contributed by atoms with Gasteiger partial charge in [-0.3, -0.25) is 0 Å². The van der Waals surface area contributed by atoms with E-state index in [0.717, 1.165) is 31.0 Å². The van der Waals surface area contributed by atoms with E-state index in [0.29, 0.717) is 6.04 Å². The third-order valence-corrected chi connectivity index (χ3v) is 3.08. The summed E-state index contributed by atoms with van der Waals surface area (Å²) in [5, 5.41) is 6.76. The highest BCUT2D eigenvalue weighted by Crippen LogP contribution is 2.12. The quantitative estimate of drug-likeness (QED) is 0.799. The van der Waals surface area contributed by atoms with Gasteiger partial charge in [0.2, 0.25) is 0 Å². The maximum absolute atomic E-state index is 4.57. The van der Waals surface area contributed by atoms with E-state index in [4.69, 9.17) is 0 Å². The molecule has 1 atom stereocenters. The van der Waals surface area contributed by atoms with Gasteiger partial charge in [0.1, 0.15) is 11.6 Å². The molecule has 20 heavy (non-hydrogen) atoms. The zero-order chi connectivity index (χ0) is 14.2. The maximum atomic E-state index is 4.57. The van der Waals surface area contributed by atoms with Gasteiger partial charge in [0, 0.05) is 12.6 Å². The highest BCUT2D eigenvalue weighted by atomic mass is 15.1. The number of hydrogen-bond acceptors (Lipinski definition) is 3. The minimum Gasteiger partial charge on any atom is -0.370 e. The number of nitrogens with one attached hydrogen (secondary N) is 2. The van der Waals surface area contributed by atoms with E-state index in [2.05, 4.69) is 53.7 Å². The molecule has 0 amide bonds. The van der Waals surface area contributed by atoms with Gasteiger partial charge in [-0.25, -0.2) is 4.98 Å². The minimum absolute atomic E-state index is 0.353. The summed E-state index contributed by atoms with van der Waals surface area (Å²) in [6.07, 6.45) is 2.10. The van der Waals surface area contributed by atoms with Crippen LogP contribution in [0.5, 0.6) is 0 Å². The van der Waals surface area contributed by atoms with E-state index in [1.165, 1.54) is 5.56 Å². The highest BCUT2D eigenvalue weighted by Gasteiger charge is 2.04. The van der Waals surface area contributed by atoms with Crippen molar-refractivity contribution in [3.8, 4) is 0 Å². The fraction of sp³-hybridized carbons (Fsp3) is 0.353. The number of anilines is 2. The summed E-state index contributed by atoms with van der Waals surface area (Å²) in [6.45, 7) is 5.29. The van der Waals surface area contributed by atoms with Crippen LogP contribution in [0, 0.1) is 0 Å². The molecule has 0 radical (unpaired) electrons. The van der Waals surface area contributed by atoms with Crippen molar-refractivity contribution in [3.05, 3.63) is 54.1 Å². The standard InChI is InChI=1S/C17H23N3/c1-3-12-18-16-10-7-11-17(20-16)19-14(2)13-15-8-5-4-6-9-15/h4-11,14H,3,12-13H2,1-2H3,(H2,18,19,20). The fourth-order valence-corrected chi connectivity index (χ4v) is 2.14. The van der Waals surface area contributed by atoms with E-state index in [1.807, 2.05) is 24.3 Å². The first-order chi connectivity index (χ1) is 9.78. The normalized spacial score (nSPS) is 11.9. The van der Waals surface area contributed by atoms with Gasteiger partial charge in [-0.1, -0.05) is 43.3 Å². The second-order valence-corrected chi connectivity index (χ2v) is 5.07. The number of nitrogens with zero attached hydrogens (tertiary/aromatic N) is 1. The first-order valence-electron chi connectivity index (χ1n) is 7.29. The summed E-state index contributed by atoms with van der Waals surface area (Å²) in [5.74, 6) is 1.86. The van der Waals surface area contributed by atoms with Crippen LogP contribution in [-0.4, -0.2) is 17.6 Å². The summed E-state index contributed by atoms with van der Waals surface area (Å²) in [7, 11) is 0. The molecule has 0 spiro atoms. The SMILES string of the molecule is CCCNc1cccc(NC(C)Cc2ccccc2)n1. The Labute approximate surface area is 121 Å². The van der Waals surface area contributed by atoms with Crippen LogP contribution in [0.1, 0.15) is 25.8 Å². The van der Waals surface area contributed by atoms with Crippen LogP contribution in [0.15, 0.2) is 48.5 Å². The molecular formula is C17H23N3. The van der Waals surface area contributed by atoms with Crippen molar-refractivity contribution in [3.63, 3.8) is 0 Å². The lowest BCUT2D eigenvalue weighted by Gasteiger charge is -2.15. The first kappa shape index (κ1) is 14.4. The van der Waals surface area contributed by atoms with E-state index in [-0.39, 0.29) is 0 Å². The average molecular weight is 269 g/mol. The Balaban J connectivity index is 1.92. The molecule has 2 aromatic rings. The van der Waals surface area contributed by atoms with Gasteiger partial charge < -0.3 is 10.6 Å². The molecule has 106 valence electrons. The lowest BCUT2D eigenvalue weighted by Crippen LogP contribution is -2.19. The predicted octanol–water partition coefficient (Wildman–Crippen LogP) is 3.95. The van der Waals surface area contributed by atoms with Crippen molar-refractivity contribution in [2.45, 2.75) is 32.7 Å². The third kappa shape index (κ3) is 4.57. The molecule has 1 aromatic carbocycles. The number of benzene rings is 1. The van der Waals surface area contributed by atoms with Gasteiger partial charge in [0.25, 0.3) is 0 Å². The first-order valence-corrected chi connectivity index (χ1v) is 7.29. The van der Waals surface area contributed by atoms with Gasteiger partial charge in [-0.05, 0) is 37.5 Å². The molecule has 1 heterocycles. The largest absolute Gasteiger partial charge is 0.370 e. The van der Waals surface area contributed by atoms with E-state index < -0.39 is 0 Å². The van der Waals surface area contributed by atoms with Crippen LogP contribution in [0.2, 0.25) is 0 Å². The molecule has 0 aliphatic heterocycles. The molecule has 0 saturated carbocycles. The molecule has 0 bridgehead atoms. The maximum Gasteiger partial charge on any atom is 0.128 e. The molecule has 2 N–H and O–H groups in total. The zero-order valence-electron chi connectivity index (χ0n) is 12.3. The van der Waals surface area contributed by atoms with Crippen LogP contribution >= 0.6 is 0 Å². The topological polar surface area (TPSA) is 37.0 Å². The smallest absolute Gasteiger partial charge is 0.128 e. The van der Waals surface area contributed by atoms with E-state index in [1.54, 1.807) is 0 Å². The number of rotatable bonds is 7. The van der Waals surface area contributed by atoms with Crippen LogP contribution in [0.4, 0.5) is 11.6 Å². The van der Waals surface area contributed by atoms with E-state index >= 15 is 0 Å². The molecule has 3 heteroatoms. The van der Waals surface area contributed by atoms with Crippen molar-refractivity contribution in [2.24, 2.45) is 0 Å². The van der Waals surface area contributed by atoms with Crippen molar-refractivity contribution in [1.29, 1.82) is 0 Å². The Morgan fingerprint density at radius 2 is 1.75 bits per heavy atom. The molecule has 0 saturated heterocycles. The van der Waals surface area contributed by atoms with Crippen LogP contribution in [-0.2, 0) is 6.42 Å². The van der Waals surface area contributed by atoms with Gasteiger partial charge in [-0.15, -0.1) is 0 Å². The van der Waals surface area contributed by atoms with E-state index in [9.17, 15) is 0 Å². The summed E-state index contributed by atoms with van der Waals surface area (Å²) in [5.41, 5.74) is 1.34. The summed E-state index contributed by atoms with van der Waals surface area (Å²) >= 11 is 0. The molecule has 1 unspecified atom stereocenters. The Morgan fingerprint density at radius 3 is 2.50 bits per heavy atom. The number of hydrogen-bond donors (Lipinski definition) is 2. The Morgan fingerprint density at radius 1 is 1.00 bits per heavy atom. The van der Waals surface area contributed by atoms with Crippen molar-refractivity contribution >= 4 is 11.6 Å².